The van der Waals surface area contributed by atoms with Gasteiger partial charge in [0.05, 0.1) is 16.5 Å². The van der Waals surface area contributed by atoms with Gasteiger partial charge in [-0.05, 0) is 35.9 Å². The Morgan fingerprint density at radius 1 is 1.07 bits per heavy atom. The maximum absolute atomic E-state index is 12.2. The van der Waals surface area contributed by atoms with Gasteiger partial charge in [0.15, 0.2) is 5.16 Å². The van der Waals surface area contributed by atoms with Crippen LogP contribution in [0, 0.1) is 0 Å². The fourth-order valence-corrected chi connectivity index (χ4v) is 3.51. The molecule has 5 nitrogen and oxygen atoms in total. The van der Waals surface area contributed by atoms with Crippen LogP contribution in [0.2, 0.25) is 15.1 Å². The fourth-order valence-electron chi connectivity index (χ4n) is 2.32. The minimum absolute atomic E-state index is 0.176. The molecule has 0 aliphatic rings. The molecule has 2 aromatic carbocycles. The van der Waals surface area contributed by atoms with Crippen LogP contribution in [-0.4, -0.2) is 26.4 Å². The highest BCUT2D eigenvalue weighted by Crippen LogP contribution is 2.26. The molecule has 0 saturated heterocycles. The average molecular weight is 442 g/mol. The van der Waals surface area contributed by atoms with E-state index in [0.717, 1.165) is 11.4 Å². The molecule has 0 unspecified atom stereocenters. The number of amides is 1. The molecule has 3 rings (SSSR count). The summed E-state index contributed by atoms with van der Waals surface area (Å²) in [5, 5.41) is 13.4. The van der Waals surface area contributed by atoms with Crippen molar-refractivity contribution in [3.63, 3.8) is 0 Å². The van der Waals surface area contributed by atoms with Crippen molar-refractivity contribution in [2.75, 3.05) is 11.1 Å². The molecule has 0 aliphatic heterocycles. The predicted molar refractivity (Wildman–Crippen MR) is 111 cm³/mol. The number of benzene rings is 2. The Bertz CT molecular complexity index is 960. The van der Waals surface area contributed by atoms with E-state index in [-0.39, 0.29) is 11.7 Å². The molecule has 0 fully saturated rings. The molecule has 1 heterocycles. The number of rotatable bonds is 6. The van der Waals surface area contributed by atoms with Gasteiger partial charge in [-0.1, -0.05) is 58.7 Å². The van der Waals surface area contributed by atoms with Crippen LogP contribution in [-0.2, 0) is 18.3 Å². The Balaban J connectivity index is 1.59. The van der Waals surface area contributed by atoms with Crippen molar-refractivity contribution in [2.24, 2.45) is 7.05 Å². The molecular formula is C18H15Cl3N4OS. The number of halogens is 3. The molecule has 1 aromatic heterocycles. The lowest BCUT2D eigenvalue weighted by atomic mass is 10.1. The van der Waals surface area contributed by atoms with Crippen LogP contribution < -0.4 is 5.32 Å². The van der Waals surface area contributed by atoms with E-state index < -0.39 is 0 Å². The van der Waals surface area contributed by atoms with Gasteiger partial charge in [-0.25, -0.2) is 0 Å². The third kappa shape index (κ3) is 5.39. The van der Waals surface area contributed by atoms with E-state index in [2.05, 4.69) is 15.5 Å². The molecule has 140 valence electrons. The Hall–Kier alpha value is -1.73. The van der Waals surface area contributed by atoms with E-state index >= 15 is 0 Å². The van der Waals surface area contributed by atoms with E-state index in [1.54, 1.807) is 18.2 Å². The van der Waals surface area contributed by atoms with E-state index in [4.69, 9.17) is 34.8 Å². The van der Waals surface area contributed by atoms with Gasteiger partial charge in [-0.2, -0.15) is 0 Å². The lowest BCUT2D eigenvalue weighted by Crippen LogP contribution is -2.14. The zero-order chi connectivity index (χ0) is 19.4. The molecule has 0 radical (unpaired) electrons. The molecule has 0 spiro atoms. The molecule has 0 atom stereocenters. The quantitative estimate of drug-likeness (QED) is 0.541. The molecular weight excluding hydrogens is 427 g/mol. The summed E-state index contributed by atoms with van der Waals surface area (Å²) in [5.74, 6) is 0.778. The summed E-state index contributed by atoms with van der Waals surface area (Å²) in [6, 6.07) is 12.5. The highest BCUT2D eigenvalue weighted by atomic mass is 35.5. The topological polar surface area (TPSA) is 59.8 Å². The molecule has 9 heteroatoms. The maximum Gasteiger partial charge on any atom is 0.234 e. The van der Waals surface area contributed by atoms with Gasteiger partial charge in [0.2, 0.25) is 5.91 Å². The summed E-state index contributed by atoms with van der Waals surface area (Å²) in [5.41, 5.74) is 1.57. The van der Waals surface area contributed by atoms with E-state index in [1.165, 1.54) is 11.8 Å². The normalized spacial score (nSPS) is 10.8. The summed E-state index contributed by atoms with van der Waals surface area (Å²) >= 11 is 19.2. The summed E-state index contributed by atoms with van der Waals surface area (Å²) in [6.45, 7) is 0. The van der Waals surface area contributed by atoms with Crippen LogP contribution in [0.3, 0.4) is 0 Å². The van der Waals surface area contributed by atoms with Crippen molar-refractivity contribution >= 4 is 58.2 Å². The Morgan fingerprint density at radius 2 is 1.78 bits per heavy atom. The second-order valence-electron chi connectivity index (χ2n) is 5.72. The fraction of sp³-hybridized carbons (Fsp3) is 0.167. The number of thioether (sulfide) groups is 1. The smallest absolute Gasteiger partial charge is 0.234 e. The van der Waals surface area contributed by atoms with Crippen molar-refractivity contribution < 1.29 is 4.79 Å². The first-order valence-electron chi connectivity index (χ1n) is 7.93. The third-order valence-electron chi connectivity index (χ3n) is 3.74. The van der Waals surface area contributed by atoms with Gasteiger partial charge in [-0.15, -0.1) is 10.2 Å². The lowest BCUT2D eigenvalue weighted by molar-refractivity contribution is -0.113. The van der Waals surface area contributed by atoms with Gasteiger partial charge in [0.25, 0.3) is 0 Å². The Labute approximate surface area is 176 Å². The monoisotopic (exact) mass is 440 g/mol. The van der Waals surface area contributed by atoms with Crippen molar-refractivity contribution in [1.29, 1.82) is 0 Å². The number of anilines is 1. The average Bonchev–Trinajstić information content (AvgIpc) is 2.98. The molecule has 3 aromatic rings. The lowest BCUT2D eigenvalue weighted by Gasteiger charge is -2.08. The number of nitrogens with one attached hydrogen (secondary N) is 1. The number of hydrogen-bond donors (Lipinski definition) is 1. The van der Waals surface area contributed by atoms with Crippen LogP contribution in [0.15, 0.2) is 47.6 Å². The first kappa shape index (κ1) is 20.0. The number of carbonyl (C=O) groups is 1. The summed E-state index contributed by atoms with van der Waals surface area (Å²) in [4.78, 5) is 12.2. The van der Waals surface area contributed by atoms with E-state index in [9.17, 15) is 4.79 Å². The van der Waals surface area contributed by atoms with Crippen LogP contribution in [0.4, 0.5) is 5.69 Å². The first-order chi connectivity index (χ1) is 12.9. The predicted octanol–water partition coefficient (Wildman–Crippen LogP) is 5.10. The first-order valence-corrected chi connectivity index (χ1v) is 10.0. The minimum atomic E-state index is -0.202. The van der Waals surface area contributed by atoms with E-state index in [1.807, 2.05) is 35.9 Å². The van der Waals surface area contributed by atoms with E-state index in [0.29, 0.717) is 32.3 Å². The molecule has 0 aliphatic carbocycles. The SMILES string of the molecule is Cn1c(Cc2ccc(Cl)cc2)nnc1SCC(=O)Nc1cc(Cl)ccc1Cl. The number of carbonyl (C=O) groups excluding carboxylic acids is 1. The number of hydrogen-bond acceptors (Lipinski definition) is 4. The zero-order valence-electron chi connectivity index (χ0n) is 14.2. The van der Waals surface area contributed by atoms with Crippen LogP contribution >= 0.6 is 46.6 Å². The maximum atomic E-state index is 12.2. The minimum Gasteiger partial charge on any atom is -0.324 e. The molecule has 1 N–H and O–H groups in total. The molecule has 1 amide bonds. The zero-order valence-corrected chi connectivity index (χ0v) is 17.3. The van der Waals surface area contributed by atoms with Gasteiger partial charge in [0.1, 0.15) is 5.82 Å². The van der Waals surface area contributed by atoms with Crippen LogP contribution in [0.1, 0.15) is 11.4 Å². The van der Waals surface area contributed by atoms with Crippen LogP contribution in [0.5, 0.6) is 0 Å². The van der Waals surface area contributed by atoms with Gasteiger partial charge >= 0.3 is 0 Å². The molecule has 0 bridgehead atoms. The summed E-state index contributed by atoms with van der Waals surface area (Å²) < 4.78 is 1.87. The van der Waals surface area contributed by atoms with Crippen molar-refractivity contribution in [3.05, 3.63) is 68.9 Å². The second-order valence-corrected chi connectivity index (χ2v) is 7.94. The molecule has 27 heavy (non-hydrogen) atoms. The number of nitrogens with zero attached hydrogens (tertiary/aromatic N) is 3. The van der Waals surface area contributed by atoms with Crippen LogP contribution in [0.25, 0.3) is 0 Å². The van der Waals surface area contributed by atoms with Gasteiger partial charge in [0, 0.05) is 23.5 Å². The highest BCUT2D eigenvalue weighted by molar-refractivity contribution is 7.99. The standard InChI is InChI=1S/C18H15Cl3N4OS/c1-25-16(8-11-2-4-12(19)5-3-11)23-24-18(25)27-10-17(26)22-15-9-13(20)6-7-14(15)21/h2-7,9H,8,10H2,1H3,(H,22,26). The van der Waals surface area contributed by atoms with Crippen molar-refractivity contribution in [2.45, 2.75) is 11.6 Å². The van der Waals surface area contributed by atoms with Crippen molar-refractivity contribution in [1.82, 2.24) is 14.8 Å². The second kappa shape index (κ2) is 8.97. The van der Waals surface area contributed by atoms with Gasteiger partial charge in [-0.3, -0.25) is 4.79 Å². The third-order valence-corrected chi connectivity index (χ3v) is 5.57. The van der Waals surface area contributed by atoms with Gasteiger partial charge < -0.3 is 9.88 Å². The highest BCUT2D eigenvalue weighted by Gasteiger charge is 2.13. The molecule has 0 saturated carbocycles. The summed E-state index contributed by atoms with van der Waals surface area (Å²) in [6.07, 6.45) is 0.631. The Morgan fingerprint density at radius 3 is 2.52 bits per heavy atom. The number of aromatic nitrogens is 3. The summed E-state index contributed by atoms with van der Waals surface area (Å²) in [7, 11) is 1.87. The largest absolute Gasteiger partial charge is 0.324 e. The van der Waals surface area contributed by atoms with Crippen molar-refractivity contribution in [3.8, 4) is 0 Å². The Kier molecular flexibility index (Phi) is 6.65.